The van der Waals surface area contributed by atoms with Gasteiger partial charge in [0.1, 0.15) is 11.6 Å². The van der Waals surface area contributed by atoms with Crippen LogP contribution >= 0.6 is 15.9 Å². The molecule has 0 aliphatic carbocycles. The third kappa shape index (κ3) is 3.17. The lowest BCUT2D eigenvalue weighted by atomic mass is 10.1. The summed E-state index contributed by atoms with van der Waals surface area (Å²) >= 11 is 3.16. The molecule has 2 rings (SSSR count). The van der Waals surface area contributed by atoms with Crippen molar-refractivity contribution in [2.75, 3.05) is 5.32 Å². The Morgan fingerprint density at radius 3 is 2.53 bits per heavy atom. The molecule has 2 nitrogen and oxygen atoms in total. The number of benzene rings is 2. The molecule has 0 bridgehead atoms. The van der Waals surface area contributed by atoms with Crippen molar-refractivity contribution in [3.63, 3.8) is 0 Å². The van der Waals surface area contributed by atoms with Crippen LogP contribution in [0.1, 0.15) is 15.9 Å². The van der Waals surface area contributed by atoms with Crippen LogP contribution in [0.3, 0.4) is 0 Å². The van der Waals surface area contributed by atoms with Crippen molar-refractivity contribution in [2.24, 2.45) is 0 Å². The number of hydrogen-bond acceptors (Lipinski definition) is 1. The van der Waals surface area contributed by atoms with Gasteiger partial charge in [-0.2, -0.15) is 0 Å². The molecule has 0 unspecified atom stereocenters. The topological polar surface area (TPSA) is 29.1 Å². The summed E-state index contributed by atoms with van der Waals surface area (Å²) in [4.78, 5) is 11.9. The fourth-order valence-electron chi connectivity index (χ4n) is 1.54. The minimum atomic E-state index is -0.631. The average molecular weight is 326 g/mol. The zero-order valence-corrected chi connectivity index (χ0v) is 11.6. The van der Waals surface area contributed by atoms with Gasteiger partial charge in [0.15, 0.2) is 0 Å². The normalized spacial score (nSPS) is 10.3. The summed E-state index contributed by atoms with van der Waals surface area (Å²) in [6, 6.07) is 8.36. The van der Waals surface area contributed by atoms with E-state index in [9.17, 15) is 13.6 Å². The van der Waals surface area contributed by atoms with E-state index < -0.39 is 17.5 Å². The van der Waals surface area contributed by atoms with Crippen LogP contribution in [0.5, 0.6) is 0 Å². The van der Waals surface area contributed by atoms with E-state index in [1.165, 1.54) is 24.3 Å². The standard InChI is InChI=1S/C14H10BrF2NO/c1-8-2-4-10(7-13(8)17)18-14(19)11-6-9(15)3-5-12(11)16/h2-7H,1H3,(H,18,19). The minimum Gasteiger partial charge on any atom is -0.322 e. The molecule has 0 aromatic heterocycles. The van der Waals surface area contributed by atoms with Crippen molar-refractivity contribution in [2.45, 2.75) is 6.92 Å². The van der Waals surface area contributed by atoms with E-state index in [-0.39, 0.29) is 11.3 Å². The Balaban J connectivity index is 2.25. The molecule has 0 radical (unpaired) electrons. The highest BCUT2D eigenvalue weighted by atomic mass is 79.9. The molecule has 0 atom stereocenters. The van der Waals surface area contributed by atoms with Gasteiger partial charge in [-0.05, 0) is 42.8 Å². The van der Waals surface area contributed by atoms with Crippen molar-refractivity contribution >= 4 is 27.5 Å². The van der Waals surface area contributed by atoms with Crippen molar-refractivity contribution in [1.29, 1.82) is 0 Å². The molecule has 0 saturated carbocycles. The first-order chi connectivity index (χ1) is 8.97. The van der Waals surface area contributed by atoms with Crippen LogP contribution in [0.4, 0.5) is 14.5 Å². The lowest BCUT2D eigenvalue weighted by Crippen LogP contribution is -2.14. The SMILES string of the molecule is Cc1ccc(NC(=O)c2cc(Br)ccc2F)cc1F. The van der Waals surface area contributed by atoms with Gasteiger partial charge in [0, 0.05) is 10.2 Å². The number of hydrogen-bond donors (Lipinski definition) is 1. The molecule has 1 amide bonds. The molecule has 98 valence electrons. The van der Waals surface area contributed by atoms with Crippen LogP contribution in [0, 0.1) is 18.6 Å². The Kier molecular flexibility index (Phi) is 3.95. The molecule has 2 aromatic rings. The second-order valence-electron chi connectivity index (χ2n) is 4.04. The van der Waals surface area contributed by atoms with Gasteiger partial charge in [-0.15, -0.1) is 0 Å². The van der Waals surface area contributed by atoms with Gasteiger partial charge in [-0.1, -0.05) is 22.0 Å². The summed E-state index contributed by atoms with van der Waals surface area (Å²) in [5.74, 6) is -1.68. The molecule has 0 spiro atoms. The van der Waals surface area contributed by atoms with E-state index in [0.717, 1.165) is 0 Å². The van der Waals surface area contributed by atoms with E-state index in [1.54, 1.807) is 19.1 Å². The lowest BCUT2D eigenvalue weighted by molar-refractivity contribution is 0.102. The fourth-order valence-corrected chi connectivity index (χ4v) is 1.90. The van der Waals surface area contributed by atoms with E-state index in [4.69, 9.17) is 0 Å². The number of amides is 1. The van der Waals surface area contributed by atoms with Crippen molar-refractivity contribution < 1.29 is 13.6 Å². The molecule has 5 heteroatoms. The lowest BCUT2D eigenvalue weighted by Gasteiger charge is -2.07. The molecule has 0 aliphatic heterocycles. The predicted molar refractivity (Wildman–Crippen MR) is 73.2 cm³/mol. The first-order valence-corrected chi connectivity index (χ1v) is 6.29. The third-order valence-corrected chi connectivity index (χ3v) is 3.10. The second kappa shape index (κ2) is 5.48. The number of aryl methyl sites for hydroxylation is 1. The number of anilines is 1. The molecular weight excluding hydrogens is 316 g/mol. The van der Waals surface area contributed by atoms with Crippen LogP contribution < -0.4 is 5.32 Å². The number of carbonyl (C=O) groups excluding carboxylic acids is 1. The van der Waals surface area contributed by atoms with Crippen LogP contribution in [-0.4, -0.2) is 5.91 Å². The van der Waals surface area contributed by atoms with Crippen LogP contribution in [0.15, 0.2) is 40.9 Å². The molecule has 0 fully saturated rings. The molecule has 0 heterocycles. The van der Waals surface area contributed by atoms with E-state index in [0.29, 0.717) is 10.0 Å². The summed E-state index contributed by atoms with van der Waals surface area (Å²) < 4.78 is 27.4. The summed E-state index contributed by atoms with van der Waals surface area (Å²) in [5.41, 5.74) is 0.662. The van der Waals surface area contributed by atoms with Crippen molar-refractivity contribution in [1.82, 2.24) is 0 Å². The first kappa shape index (κ1) is 13.7. The minimum absolute atomic E-state index is 0.102. The maximum atomic E-state index is 13.5. The highest BCUT2D eigenvalue weighted by molar-refractivity contribution is 9.10. The average Bonchev–Trinajstić information content (AvgIpc) is 2.36. The Morgan fingerprint density at radius 2 is 1.84 bits per heavy atom. The number of rotatable bonds is 2. The molecule has 1 N–H and O–H groups in total. The predicted octanol–water partition coefficient (Wildman–Crippen LogP) is 4.29. The fraction of sp³-hybridized carbons (Fsp3) is 0.0714. The Hall–Kier alpha value is -1.75. The Bertz CT molecular complexity index is 643. The Morgan fingerprint density at radius 1 is 1.11 bits per heavy atom. The zero-order valence-electron chi connectivity index (χ0n) is 10.0. The molecule has 0 aliphatic rings. The van der Waals surface area contributed by atoms with E-state index in [1.807, 2.05) is 0 Å². The van der Waals surface area contributed by atoms with Crippen LogP contribution in [0.25, 0.3) is 0 Å². The zero-order chi connectivity index (χ0) is 14.0. The van der Waals surface area contributed by atoms with Crippen LogP contribution in [0.2, 0.25) is 0 Å². The van der Waals surface area contributed by atoms with Gasteiger partial charge in [0.05, 0.1) is 5.56 Å². The second-order valence-corrected chi connectivity index (χ2v) is 4.96. The highest BCUT2D eigenvalue weighted by Crippen LogP contribution is 2.18. The van der Waals surface area contributed by atoms with Gasteiger partial charge in [-0.3, -0.25) is 4.79 Å². The monoisotopic (exact) mass is 325 g/mol. The summed E-state index contributed by atoms with van der Waals surface area (Å²) in [7, 11) is 0. The molecule has 0 saturated heterocycles. The third-order valence-electron chi connectivity index (χ3n) is 2.60. The molecular formula is C14H10BrF2NO. The van der Waals surface area contributed by atoms with Gasteiger partial charge in [0.2, 0.25) is 0 Å². The van der Waals surface area contributed by atoms with E-state index in [2.05, 4.69) is 21.2 Å². The smallest absolute Gasteiger partial charge is 0.258 e. The van der Waals surface area contributed by atoms with E-state index >= 15 is 0 Å². The van der Waals surface area contributed by atoms with Crippen molar-refractivity contribution in [3.8, 4) is 0 Å². The van der Waals surface area contributed by atoms with Crippen molar-refractivity contribution in [3.05, 3.63) is 63.6 Å². The highest BCUT2D eigenvalue weighted by Gasteiger charge is 2.12. The molecule has 2 aromatic carbocycles. The molecule has 19 heavy (non-hydrogen) atoms. The number of carbonyl (C=O) groups is 1. The summed E-state index contributed by atoms with van der Waals surface area (Å²) in [6.07, 6.45) is 0. The van der Waals surface area contributed by atoms with Gasteiger partial charge < -0.3 is 5.32 Å². The van der Waals surface area contributed by atoms with Crippen LogP contribution in [-0.2, 0) is 0 Å². The van der Waals surface area contributed by atoms with Gasteiger partial charge in [0.25, 0.3) is 5.91 Å². The maximum absolute atomic E-state index is 13.5. The summed E-state index contributed by atoms with van der Waals surface area (Å²) in [6.45, 7) is 1.62. The van der Waals surface area contributed by atoms with Gasteiger partial charge in [-0.25, -0.2) is 8.78 Å². The quantitative estimate of drug-likeness (QED) is 0.876. The Labute approximate surface area is 117 Å². The first-order valence-electron chi connectivity index (χ1n) is 5.50. The number of nitrogens with one attached hydrogen (secondary N) is 1. The maximum Gasteiger partial charge on any atom is 0.258 e. The van der Waals surface area contributed by atoms with Gasteiger partial charge >= 0.3 is 0 Å². The summed E-state index contributed by atoms with van der Waals surface area (Å²) in [5, 5.41) is 2.45. The number of halogens is 3. The largest absolute Gasteiger partial charge is 0.322 e.